The molecule has 1 unspecified atom stereocenters. The van der Waals surface area contributed by atoms with Crippen LogP contribution in [0.1, 0.15) is 43.2 Å². The summed E-state index contributed by atoms with van der Waals surface area (Å²) >= 11 is 1.82. The molecular formula is C15H25N3OS. The summed E-state index contributed by atoms with van der Waals surface area (Å²) in [6.45, 7) is 3.87. The first kappa shape index (κ1) is 14.3. The highest BCUT2D eigenvalue weighted by Gasteiger charge is 2.32. The van der Waals surface area contributed by atoms with Gasteiger partial charge in [-0.15, -0.1) is 11.3 Å². The van der Waals surface area contributed by atoms with Crippen LogP contribution >= 0.6 is 11.3 Å². The van der Waals surface area contributed by atoms with Gasteiger partial charge in [-0.2, -0.15) is 0 Å². The van der Waals surface area contributed by atoms with Crippen LogP contribution in [0.15, 0.2) is 0 Å². The lowest BCUT2D eigenvalue weighted by molar-refractivity contribution is 0.181. The number of hydrogen-bond acceptors (Lipinski definition) is 5. The topological polar surface area (TPSA) is 37.4 Å². The molecular weight excluding hydrogens is 270 g/mol. The number of rotatable bonds is 8. The summed E-state index contributed by atoms with van der Waals surface area (Å²) in [6.07, 6.45) is 5.39. The van der Waals surface area contributed by atoms with Crippen LogP contribution in [0.2, 0.25) is 0 Å². The molecule has 2 aliphatic carbocycles. The third kappa shape index (κ3) is 3.32. The molecule has 112 valence electrons. The Bertz CT molecular complexity index is 454. The zero-order valence-electron chi connectivity index (χ0n) is 12.7. The van der Waals surface area contributed by atoms with Gasteiger partial charge in [0.25, 0.3) is 0 Å². The Hall–Kier alpha value is -0.650. The van der Waals surface area contributed by atoms with Crippen LogP contribution in [0, 0.1) is 5.92 Å². The lowest BCUT2D eigenvalue weighted by Crippen LogP contribution is -2.30. The van der Waals surface area contributed by atoms with Crippen molar-refractivity contribution in [3.63, 3.8) is 0 Å². The number of ether oxygens (including phenoxy) is 1. The van der Waals surface area contributed by atoms with Crippen LogP contribution in [-0.2, 0) is 17.9 Å². The number of methoxy groups -OCH3 is 1. The minimum atomic E-state index is 0.598. The number of anilines is 1. The largest absolute Gasteiger partial charge is 0.378 e. The fourth-order valence-corrected chi connectivity index (χ4v) is 3.57. The van der Waals surface area contributed by atoms with Crippen LogP contribution in [-0.4, -0.2) is 31.2 Å². The monoisotopic (exact) mass is 295 g/mol. The van der Waals surface area contributed by atoms with Crippen LogP contribution in [0.4, 0.5) is 5.13 Å². The molecule has 1 N–H and O–H groups in total. The van der Waals surface area contributed by atoms with Gasteiger partial charge in [0.15, 0.2) is 5.13 Å². The molecule has 0 aromatic carbocycles. The van der Waals surface area contributed by atoms with E-state index in [2.05, 4.69) is 24.2 Å². The molecule has 3 rings (SSSR count). The van der Waals surface area contributed by atoms with Crippen molar-refractivity contribution in [1.82, 2.24) is 10.3 Å². The zero-order valence-corrected chi connectivity index (χ0v) is 13.5. The minimum absolute atomic E-state index is 0.598. The van der Waals surface area contributed by atoms with E-state index in [0.717, 1.165) is 29.3 Å². The van der Waals surface area contributed by atoms with E-state index in [9.17, 15) is 0 Å². The van der Waals surface area contributed by atoms with Gasteiger partial charge < -0.3 is 15.0 Å². The number of aromatic nitrogens is 1. The van der Waals surface area contributed by atoms with Crippen LogP contribution in [0.25, 0.3) is 0 Å². The molecule has 4 nitrogen and oxygen atoms in total. The smallest absolute Gasteiger partial charge is 0.185 e. The van der Waals surface area contributed by atoms with Gasteiger partial charge in [0.05, 0.1) is 12.3 Å². The first-order valence-corrected chi connectivity index (χ1v) is 8.44. The summed E-state index contributed by atoms with van der Waals surface area (Å²) in [4.78, 5) is 8.49. The maximum Gasteiger partial charge on any atom is 0.185 e. The highest BCUT2D eigenvalue weighted by atomic mass is 32.1. The molecule has 1 aromatic heterocycles. The van der Waals surface area contributed by atoms with Crippen LogP contribution in [0.5, 0.6) is 0 Å². The molecule has 1 aromatic rings. The predicted octanol–water partition coefficient (Wildman–Crippen LogP) is 2.78. The summed E-state index contributed by atoms with van der Waals surface area (Å²) in [6, 6.07) is 1.33. The second-order valence-corrected chi connectivity index (χ2v) is 7.21. The van der Waals surface area contributed by atoms with Gasteiger partial charge in [-0.3, -0.25) is 0 Å². The molecule has 0 aliphatic heterocycles. The molecule has 2 saturated carbocycles. The lowest BCUT2D eigenvalue weighted by Gasteiger charge is -2.23. The van der Waals surface area contributed by atoms with Gasteiger partial charge in [0, 0.05) is 37.7 Å². The van der Waals surface area contributed by atoms with E-state index in [1.165, 1.54) is 30.6 Å². The zero-order chi connectivity index (χ0) is 14.1. The van der Waals surface area contributed by atoms with Gasteiger partial charge in [-0.25, -0.2) is 4.98 Å². The maximum absolute atomic E-state index is 5.30. The van der Waals surface area contributed by atoms with Gasteiger partial charge in [-0.05, 0) is 38.5 Å². The van der Waals surface area contributed by atoms with E-state index >= 15 is 0 Å². The first-order valence-electron chi connectivity index (χ1n) is 7.62. The Labute approximate surface area is 125 Å². The number of thiazole rings is 1. The molecule has 0 amide bonds. The maximum atomic E-state index is 5.30. The average Bonchev–Trinajstić information content (AvgIpc) is 3.34. The molecule has 0 spiro atoms. The molecule has 0 bridgehead atoms. The number of nitrogens with one attached hydrogen (secondary N) is 1. The molecule has 20 heavy (non-hydrogen) atoms. The molecule has 0 radical (unpaired) electrons. The third-order valence-corrected chi connectivity index (χ3v) is 5.58. The Balaban J connectivity index is 1.70. The van der Waals surface area contributed by atoms with Crippen molar-refractivity contribution < 1.29 is 4.74 Å². The van der Waals surface area contributed by atoms with E-state index in [1.807, 2.05) is 11.3 Å². The SMILES string of the molecule is COCc1nc(N(C)C(C)C2CC2)sc1CNC1CC1. The van der Waals surface area contributed by atoms with Crippen molar-refractivity contribution in [3.8, 4) is 0 Å². The average molecular weight is 295 g/mol. The van der Waals surface area contributed by atoms with E-state index in [1.54, 1.807) is 7.11 Å². The van der Waals surface area contributed by atoms with Crippen molar-refractivity contribution in [2.75, 3.05) is 19.1 Å². The molecule has 1 atom stereocenters. The van der Waals surface area contributed by atoms with Crippen molar-refractivity contribution >= 4 is 16.5 Å². The molecule has 2 aliphatic rings. The van der Waals surface area contributed by atoms with E-state index in [-0.39, 0.29) is 0 Å². The molecule has 0 saturated heterocycles. The highest BCUT2D eigenvalue weighted by molar-refractivity contribution is 7.15. The van der Waals surface area contributed by atoms with Crippen molar-refractivity contribution in [1.29, 1.82) is 0 Å². The van der Waals surface area contributed by atoms with Crippen molar-refractivity contribution in [3.05, 3.63) is 10.6 Å². The van der Waals surface area contributed by atoms with Crippen molar-refractivity contribution in [2.24, 2.45) is 5.92 Å². The predicted molar refractivity (Wildman–Crippen MR) is 83.3 cm³/mol. The second kappa shape index (κ2) is 6.00. The van der Waals surface area contributed by atoms with Gasteiger partial charge >= 0.3 is 0 Å². The lowest BCUT2D eigenvalue weighted by atomic mass is 10.2. The number of nitrogens with zero attached hydrogens (tertiary/aromatic N) is 2. The summed E-state index contributed by atoms with van der Waals surface area (Å²) in [5.74, 6) is 0.864. The fourth-order valence-electron chi connectivity index (χ4n) is 2.50. The second-order valence-electron chi connectivity index (χ2n) is 6.14. The molecule has 2 fully saturated rings. The summed E-state index contributed by atoms with van der Waals surface area (Å²) in [5, 5.41) is 4.73. The normalized spacial score (nSPS) is 20.1. The standard InChI is InChI=1S/C15H25N3OS/c1-10(11-4-5-11)18(2)15-17-13(9-19-3)14(20-15)8-16-12-6-7-12/h10-12,16H,4-9H2,1-3H3. The Morgan fingerprint density at radius 1 is 1.40 bits per heavy atom. The molecule has 5 heteroatoms. The van der Waals surface area contributed by atoms with Gasteiger partial charge in [0.2, 0.25) is 0 Å². The van der Waals surface area contributed by atoms with Gasteiger partial charge in [0.1, 0.15) is 0 Å². The summed E-state index contributed by atoms with van der Waals surface area (Å²) < 4.78 is 5.30. The highest BCUT2D eigenvalue weighted by Crippen LogP contribution is 2.38. The first-order chi connectivity index (χ1) is 9.69. The van der Waals surface area contributed by atoms with Crippen LogP contribution in [0.3, 0.4) is 0 Å². The Morgan fingerprint density at radius 3 is 2.75 bits per heavy atom. The molecule has 1 heterocycles. The Kier molecular flexibility index (Phi) is 4.29. The number of hydrogen-bond donors (Lipinski definition) is 1. The quantitative estimate of drug-likeness (QED) is 0.800. The summed E-state index contributed by atoms with van der Waals surface area (Å²) in [5.41, 5.74) is 1.11. The summed E-state index contributed by atoms with van der Waals surface area (Å²) in [7, 11) is 3.92. The Morgan fingerprint density at radius 2 is 2.15 bits per heavy atom. The van der Waals surface area contributed by atoms with E-state index in [4.69, 9.17) is 9.72 Å². The van der Waals surface area contributed by atoms with Crippen LogP contribution < -0.4 is 10.2 Å². The van der Waals surface area contributed by atoms with Crippen molar-refractivity contribution in [2.45, 2.75) is 57.8 Å². The fraction of sp³-hybridized carbons (Fsp3) is 0.800. The van der Waals surface area contributed by atoms with E-state index in [0.29, 0.717) is 12.6 Å². The van der Waals surface area contributed by atoms with Gasteiger partial charge in [-0.1, -0.05) is 0 Å². The third-order valence-electron chi connectivity index (χ3n) is 4.39. The van der Waals surface area contributed by atoms with E-state index < -0.39 is 0 Å². The minimum Gasteiger partial charge on any atom is -0.378 e.